The maximum absolute atomic E-state index is 11.9. The van der Waals surface area contributed by atoms with Crippen LogP contribution in [0, 0.1) is 6.92 Å². The van der Waals surface area contributed by atoms with Gasteiger partial charge >= 0.3 is 5.97 Å². The molecule has 100 valence electrons. The Hall–Kier alpha value is -2.62. The molecule has 0 saturated carbocycles. The highest BCUT2D eigenvalue weighted by molar-refractivity contribution is 5.86. The summed E-state index contributed by atoms with van der Waals surface area (Å²) in [7, 11) is 0. The van der Waals surface area contributed by atoms with Crippen LogP contribution in [-0.4, -0.2) is 11.0 Å². The van der Waals surface area contributed by atoms with Crippen molar-refractivity contribution < 1.29 is 13.9 Å². The van der Waals surface area contributed by atoms with Crippen LogP contribution in [0.5, 0.6) is 5.75 Å². The molecule has 3 rings (SSSR count). The van der Waals surface area contributed by atoms with Crippen LogP contribution >= 0.6 is 0 Å². The van der Waals surface area contributed by atoms with Crippen LogP contribution < -0.4 is 4.74 Å². The van der Waals surface area contributed by atoms with Crippen molar-refractivity contribution in [1.82, 2.24) is 4.98 Å². The standard InChI is InChI=1S/C16H13NO3/c1-11-4-5-15-14(7-11)12(10-19-15)8-16(18)20-13-3-2-6-17-9-13/h2-7,9-10H,8H2,1H3. The van der Waals surface area contributed by atoms with Crippen molar-refractivity contribution >= 4 is 16.9 Å². The number of fused-ring (bicyclic) bond motifs is 1. The maximum atomic E-state index is 11.9. The summed E-state index contributed by atoms with van der Waals surface area (Å²) >= 11 is 0. The largest absolute Gasteiger partial charge is 0.464 e. The highest BCUT2D eigenvalue weighted by atomic mass is 16.5. The number of aromatic nitrogens is 1. The lowest BCUT2D eigenvalue weighted by molar-refractivity contribution is -0.133. The monoisotopic (exact) mass is 267 g/mol. The molecule has 0 aliphatic heterocycles. The van der Waals surface area contributed by atoms with Crippen LogP contribution in [0.2, 0.25) is 0 Å². The van der Waals surface area contributed by atoms with Gasteiger partial charge in [-0.3, -0.25) is 9.78 Å². The SMILES string of the molecule is Cc1ccc2occ(CC(=O)Oc3cccnc3)c2c1. The second kappa shape index (κ2) is 5.17. The minimum Gasteiger partial charge on any atom is -0.464 e. The number of esters is 1. The van der Waals surface area contributed by atoms with E-state index in [1.807, 2.05) is 25.1 Å². The molecule has 2 heterocycles. The van der Waals surface area contributed by atoms with Crippen LogP contribution in [-0.2, 0) is 11.2 Å². The second-order valence-corrected chi connectivity index (χ2v) is 4.60. The fraction of sp³-hybridized carbons (Fsp3) is 0.125. The van der Waals surface area contributed by atoms with Gasteiger partial charge in [-0.15, -0.1) is 0 Å². The fourth-order valence-electron chi connectivity index (χ4n) is 2.06. The van der Waals surface area contributed by atoms with Crippen molar-refractivity contribution in [3.8, 4) is 5.75 Å². The van der Waals surface area contributed by atoms with Crippen LogP contribution in [0.15, 0.2) is 53.4 Å². The molecule has 0 saturated heterocycles. The summed E-state index contributed by atoms with van der Waals surface area (Å²) in [6.07, 6.45) is 4.92. The van der Waals surface area contributed by atoms with Crippen LogP contribution in [0.25, 0.3) is 11.0 Å². The molecule has 4 nitrogen and oxygen atoms in total. The molecule has 2 aromatic heterocycles. The zero-order chi connectivity index (χ0) is 13.9. The first-order valence-corrected chi connectivity index (χ1v) is 6.30. The summed E-state index contributed by atoms with van der Waals surface area (Å²) in [5.41, 5.74) is 2.73. The highest BCUT2D eigenvalue weighted by Gasteiger charge is 2.12. The predicted molar refractivity (Wildman–Crippen MR) is 74.5 cm³/mol. The van der Waals surface area contributed by atoms with Gasteiger partial charge in [-0.1, -0.05) is 11.6 Å². The molecule has 0 aliphatic rings. The first-order valence-electron chi connectivity index (χ1n) is 6.30. The van der Waals surface area contributed by atoms with Gasteiger partial charge in [0.25, 0.3) is 0 Å². The van der Waals surface area contributed by atoms with Gasteiger partial charge in [0.2, 0.25) is 0 Å². The Labute approximate surface area is 116 Å². The van der Waals surface area contributed by atoms with Gasteiger partial charge in [0.1, 0.15) is 11.3 Å². The number of furan rings is 1. The van der Waals surface area contributed by atoms with Gasteiger partial charge in [0, 0.05) is 17.1 Å². The van der Waals surface area contributed by atoms with Crippen molar-refractivity contribution in [1.29, 1.82) is 0 Å². The zero-order valence-electron chi connectivity index (χ0n) is 11.0. The predicted octanol–water partition coefficient (Wildman–Crippen LogP) is 3.28. The average molecular weight is 267 g/mol. The van der Waals surface area contributed by atoms with Gasteiger partial charge in [0.05, 0.1) is 18.9 Å². The van der Waals surface area contributed by atoms with E-state index in [1.165, 1.54) is 6.20 Å². The summed E-state index contributed by atoms with van der Waals surface area (Å²) in [6, 6.07) is 9.30. The number of nitrogens with zero attached hydrogens (tertiary/aromatic N) is 1. The summed E-state index contributed by atoms with van der Waals surface area (Å²) in [6.45, 7) is 2.00. The van der Waals surface area contributed by atoms with E-state index in [2.05, 4.69) is 4.98 Å². The number of carbonyl (C=O) groups excluding carboxylic acids is 1. The van der Waals surface area contributed by atoms with Gasteiger partial charge < -0.3 is 9.15 Å². The summed E-state index contributed by atoms with van der Waals surface area (Å²) < 4.78 is 10.7. The second-order valence-electron chi connectivity index (χ2n) is 4.60. The van der Waals surface area contributed by atoms with Crippen molar-refractivity contribution in [2.45, 2.75) is 13.3 Å². The quantitative estimate of drug-likeness (QED) is 0.683. The number of pyridine rings is 1. The van der Waals surface area contributed by atoms with E-state index < -0.39 is 0 Å². The van der Waals surface area contributed by atoms with Gasteiger partial charge in [-0.05, 0) is 31.2 Å². The Morgan fingerprint density at radius 1 is 1.35 bits per heavy atom. The molecule has 0 atom stereocenters. The van der Waals surface area contributed by atoms with Crippen molar-refractivity contribution in [3.05, 3.63) is 60.1 Å². The molecule has 0 fully saturated rings. The Morgan fingerprint density at radius 2 is 2.25 bits per heavy atom. The molecule has 1 aromatic carbocycles. The number of hydrogen-bond acceptors (Lipinski definition) is 4. The molecule has 20 heavy (non-hydrogen) atoms. The topological polar surface area (TPSA) is 52.3 Å². The third-order valence-corrected chi connectivity index (χ3v) is 3.01. The smallest absolute Gasteiger partial charge is 0.315 e. The number of benzene rings is 1. The van der Waals surface area contributed by atoms with Crippen LogP contribution in [0.1, 0.15) is 11.1 Å². The Bertz CT molecular complexity index is 747. The van der Waals surface area contributed by atoms with E-state index in [1.54, 1.807) is 24.6 Å². The zero-order valence-corrected chi connectivity index (χ0v) is 11.0. The Morgan fingerprint density at radius 3 is 3.05 bits per heavy atom. The maximum Gasteiger partial charge on any atom is 0.315 e. The molecule has 4 heteroatoms. The van der Waals surface area contributed by atoms with E-state index in [9.17, 15) is 4.79 Å². The van der Waals surface area contributed by atoms with Gasteiger partial charge in [-0.25, -0.2) is 0 Å². The summed E-state index contributed by atoms with van der Waals surface area (Å²) in [5, 5.41) is 0.952. The minimum absolute atomic E-state index is 0.172. The highest BCUT2D eigenvalue weighted by Crippen LogP contribution is 2.23. The number of aryl methyl sites for hydroxylation is 1. The van der Waals surface area contributed by atoms with Gasteiger partial charge in [-0.2, -0.15) is 0 Å². The van der Waals surface area contributed by atoms with Crippen molar-refractivity contribution in [2.75, 3.05) is 0 Å². The van der Waals surface area contributed by atoms with E-state index in [0.29, 0.717) is 5.75 Å². The third-order valence-electron chi connectivity index (χ3n) is 3.01. The molecular formula is C16H13NO3. The lowest BCUT2D eigenvalue weighted by atomic mass is 10.1. The molecular weight excluding hydrogens is 254 g/mol. The van der Waals surface area contributed by atoms with E-state index in [0.717, 1.165) is 22.1 Å². The summed E-state index contributed by atoms with van der Waals surface area (Å²) in [4.78, 5) is 15.8. The fourth-order valence-corrected chi connectivity index (χ4v) is 2.06. The van der Waals surface area contributed by atoms with Crippen molar-refractivity contribution in [2.24, 2.45) is 0 Å². The first-order chi connectivity index (χ1) is 9.72. The molecule has 0 aliphatic carbocycles. The number of rotatable bonds is 3. The first kappa shape index (κ1) is 12.4. The molecule has 0 amide bonds. The number of hydrogen-bond donors (Lipinski definition) is 0. The third kappa shape index (κ3) is 2.54. The normalized spacial score (nSPS) is 10.7. The molecule has 0 bridgehead atoms. The van der Waals surface area contributed by atoms with Crippen LogP contribution in [0.4, 0.5) is 0 Å². The number of ether oxygens (including phenoxy) is 1. The Balaban J connectivity index is 1.79. The van der Waals surface area contributed by atoms with E-state index in [-0.39, 0.29) is 12.4 Å². The van der Waals surface area contributed by atoms with E-state index in [4.69, 9.17) is 9.15 Å². The molecule has 0 spiro atoms. The molecule has 0 radical (unpaired) electrons. The van der Waals surface area contributed by atoms with Crippen LogP contribution in [0.3, 0.4) is 0 Å². The lowest BCUT2D eigenvalue weighted by Gasteiger charge is -2.02. The average Bonchev–Trinajstić information content (AvgIpc) is 2.82. The number of carbonyl (C=O) groups is 1. The summed E-state index contributed by atoms with van der Waals surface area (Å²) in [5.74, 6) is 0.115. The molecule has 0 N–H and O–H groups in total. The van der Waals surface area contributed by atoms with Gasteiger partial charge in [0.15, 0.2) is 0 Å². The minimum atomic E-state index is -0.331. The lowest BCUT2D eigenvalue weighted by Crippen LogP contribution is -2.11. The molecule has 0 unspecified atom stereocenters. The molecule has 3 aromatic rings. The van der Waals surface area contributed by atoms with E-state index >= 15 is 0 Å². The van der Waals surface area contributed by atoms with Crippen molar-refractivity contribution in [3.63, 3.8) is 0 Å². The Kier molecular flexibility index (Phi) is 3.21.